The SMILES string of the molecule is O=C([O-])c1cc(S(=O)[O-])c(Br)cc1F.[Na+].[Na+]. The van der Waals surface area contributed by atoms with Crippen molar-refractivity contribution >= 4 is 33.0 Å². The van der Waals surface area contributed by atoms with Gasteiger partial charge < -0.3 is 14.5 Å². The van der Waals surface area contributed by atoms with Gasteiger partial charge in [0.15, 0.2) is 0 Å². The van der Waals surface area contributed by atoms with Crippen LogP contribution < -0.4 is 64.2 Å². The molecule has 1 unspecified atom stereocenters. The quantitative estimate of drug-likeness (QED) is 0.400. The number of carbonyl (C=O) groups is 1. The molecule has 0 bridgehead atoms. The summed E-state index contributed by atoms with van der Waals surface area (Å²) in [5.41, 5.74) is -0.785. The van der Waals surface area contributed by atoms with Crippen molar-refractivity contribution in [1.29, 1.82) is 0 Å². The summed E-state index contributed by atoms with van der Waals surface area (Å²) in [5, 5.41) is 10.3. The molecule has 0 saturated heterocycles. The van der Waals surface area contributed by atoms with E-state index in [-0.39, 0.29) is 68.5 Å². The first-order chi connectivity index (χ1) is 6.43. The Bertz CT molecular complexity index is 394. The minimum atomic E-state index is -2.63. The van der Waals surface area contributed by atoms with Crippen molar-refractivity contribution in [2.24, 2.45) is 0 Å². The summed E-state index contributed by atoms with van der Waals surface area (Å²) in [5.74, 6) is -2.81. The fourth-order valence-corrected chi connectivity index (χ4v) is 1.96. The van der Waals surface area contributed by atoms with Crippen molar-refractivity contribution in [3.8, 4) is 0 Å². The number of benzene rings is 1. The molecule has 0 amide bonds. The van der Waals surface area contributed by atoms with Gasteiger partial charge in [-0.05, 0) is 39.1 Å². The third-order valence-corrected chi connectivity index (χ3v) is 3.04. The summed E-state index contributed by atoms with van der Waals surface area (Å²) in [7, 11) is 0. The molecule has 1 atom stereocenters. The van der Waals surface area contributed by atoms with E-state index in [0.29, 0.717) is 6.07 Å². The summed E-state index contributed by atoms with van der Waals surface area (Å²) in [6.45, 7) is 0. The number of carbonyl (C=O) groups excluding carboxylic acids is 1. The number of rotatable bonds is 2. The van der Waals surface area contributed by atoms with Crippen molar-refractivity contribution in [2.45, 2.75) is 4.90 Å². The molecular weight excluding hydrogens is 325 g/mol. The van der Waals surface area contributed by atoms with Crippen LogP contribution >= 0.6 is 15.9 Å². The minimum absolute atomic E-state index is 0. The summed E-state index contributed by atoms with van der Waals surface area (Å²) >= 11 is 0.154. The third kappa shape index (κ3) is 4.83. The number of carboxylic acids is 1. The van der Waals surface area contributed by atoms with Gasteiger partial charge in [-0.1, -0.05) is 0 Å². The van der Waals surface area contributed by atoms with Gasteiger partial charge in [-0.2, -0.15) is 0 Å². The topological polar surface area (TPSA) is 80.3 Å². The van der Waals surface area contributed by atoms with Crippen LogP contribution in [0.5, 0.6) is 0 Å². The predicted octanol–water partition coefficient (Wildman–Crippen LogP) is -5.80. The first-order valence-corrected chi connectivity index (χ1v) is 5.10. The van der Waals surface area contributed by atoms with E-state index in [0.717, 1.165) is 6.07 Å². The average Bonchev–Trinajstić information content (AvgIpc) is 2.02. The molecule has 1 aromatic rings. The van der Waals surface area contributed by atoms with Crippen LogP contribution in [0.1, 0.15) is 10.4 Å². The fraction of sp³-hybridized carbons (Fsp3) is 0. The number of hydrogen-bond acceptors (Lipinski definition) is 4. The van der Waals surface area contributed by atoms with Crippen LogP contribution in [0.4, 0.5) is 4.39 Å². The van der Waals surface area contributed by atoms with Gasteiger partial charge in [-0.25, -0.2) is 4.39 Å². The van der Waals surface area contributed by atoms with Gasteiger partial charge in [-0.15, -0.1) is 0 Å². The van der Waals surface area contributed by atoms with Crippen molar-refractivity contribution in [1.82, 2.24) is 0 Å². The van der Waals surface area contributed by atoms with E-state index in [1.54, 1.807) is 0 Å². The monoisotopic (exact) mass is 326 g/mol. The van der Waals surface area contributed by atoms with Gasteiger partial charge in [0.2, 0.25) is 0 Å². The molecule has 0 fully saturated rings. The molecule has 0 aromatic heterocycles. The largest absolute Gasteiger partial charge is 1.00 e. The molecule has 1 rings (SSSR count). The molecule has 0 spiro atoms. The van der Waals surface area contributed by atoms with Gasteiger partial charge >= 0.3 is 59.1 Å². The molecule has 0 saturated carbocycles. The molecule has 9 heteroatoms. The number of carboxylic acid groups (broad SMARTS) is 1. The average molecular weight is 327 g/mol. The Labute approximate surface area is 146 Å². The maximum Gasteiger partial charge on any atom is 1.00 e. The standard InChI is InChI=1S/C7H4BrFO4S.2Na/c8-4-2-5(9)3(7(10)11)1-6(4)14(12)13;;/h1-2H,(H,10,11)(H,12,13);;/q;2*+1/p-2. The first kappa shape index (κ1) is 19.5. The second-order valence-electron chi connectivity index (χ2n) is 2.28. The summed E-state index contributed by atoms with van der Waals surface area (Å²) in [6.07, 6.45) is 0. The summed E-state index contributed by atoms with van der Waals surface area (Å²) in [4.78, 5) is 10.0. The zero-order valence-electron chi connectivity index (χ0n) is 8.45. The van der Waals surface area contributed by atoms with E-state index in [1.807, 2.05) is 0 Å². The zero-order valence-corrected chi connectivity index (χ0v) is 14.9. The molecule has 0 radical (unpaired) electrons. The normalized spacial score (nSPS) is 10.9. The molecule has 0 N–H and O–H groups in total. The van der Waals surface area contributed by atoms with Crippen LogP contribution in [0, 0.1) is 5.82 Å². The molecule has 0 aliphatic rings. The van der Waals surface area contributed by atoms with Gasteiger partial charge in [0.05, 0.1) is 5.97 Å². The Kier molecular flexibility index (Phi) is 10.2. The maximum atomic E-state index is 12.9. The van der Waals surface area contributed by atoms with Gasteiger partial charge in [0, 0.05) is 14.9 Å². The van der Waals surface area contributed by atoms with E-state index < -0.39 is 28.4 Å². The third-order valence-electron chi connectivity index (χ3n) is 1.42. The van der Waals surface area contributed by atoms with Crippen LogP contribution in [-0.2, 0) is 11.1 Å². The van der Waals surface area contributed by atoms with Gasteiger partial charge in [0.25, 0.3) is 0 Å². The Balaban J connectivity index is 0. The van der Waals surface area contributed by atoms with Gasteiger partial charge in [0.1, 0.15) is 5.82 Å². The summed E-state index contributed by atoms with van der Waals surface area (Å²) < 4.78 is 33.9. The minimum Gasteiger partial charge on any atom is -0.768 e. The van der Waals surface area contributed by atoms with Crippen LogP contribution in [0.15, 0.2) is 21.5 Å². The molecule has 16 heavy (non-hydrogen) atoms. The van der Waals surface area contributed by atoms with Crippen LogP contribution in [0.25, 0.3) is 0 Å². The van der Waals surface area contributed by atoms with Crippen LogP contribution in [-0.4, -0.2) is 14.7 Å². The Morgan fingerprint density at radius 1 is 1.38 bits per heavy atom. The number of halogens is 2. The fourth-order valence-electron chi connectivity index (χ4n) is 0.813. The molecular formula is C7H2BrFNa2O4S. The molecule has 0 aliphatic heterocycles. The van der Waals surface area contributed by atoms with Crippen molar-refractivity contribution in [3.05, 3.63) is 28.0 Å². The Morgan fingerprint density at radius 2 is 1.88 bits per heavy atom. The zero-order chi connectivity index (χ0) is 10.9. The van der Waals surface area contributed by atoms with E-state index in [9.17, 15) is 23.1 Å². The molecule has 0 heterocycles. The van der Waals surface area contributed by atoms with E-state index in [4.69, 9.17) is 0 Å². The first-order valence-electron chi connectivity index (χ1n) is 3.23. The van der Waals surface area contributed by atoms with Crippen LogP contribution in [0.2, 0.25) is 0 Å². The molecule has 4 nitrogen and oxygen atoms in total. The predicted molar refractivity (Wildman–Crippen MR) is 45.6 cm³/mol. The van der Waals surface area contributed by atoms with Gasteiger partial charge in [-0.3, -0.25) is 4.21 Å². The number of hydrogen-bond donors (Lipinski definition) is 0. The van der Waals surface area contributed by atoms with Crippen LogP contribution in [0.3, 0.4) is 0 Å². The molecule has 1 aromatic carbocycles. The summed E-state index contributed by atoms with van der Waals surface area (Å²) in [6, 6.07) is 1.45. The van der Waals surface area contributed by atoms with Crippen molar-refractivity contribution in [2.75, 3.05) is 0 Å². The maximum absolute atomic E-state index is 12.9. The Morgan fingerprint density at radius 3 is 2.25 bits per heavy atom. The second-order valence-corrected chi connectivity index (χ2v) is 4.05. The molecule has 0 aliphatic carbocycles. The van der Waals surface area contributed by atoms with Crippen molar-refractivity contribution < 1.29 is 82.2 Å². The Hall–Kier alpha value is 1.21. The number of aromatic carboxylic acids is 1. The second kappa shape index (κ2) is 8.34. The van der Waals surface area contributed by atoms with E-state index in [2.05, 4.69) is 15.9 Å². The van der Waals surface area contributed by atoms with E-state index in [1.165, 1.54) is 0 Å². The van der Waals surface area contributed by atoms with Crippen molar-refractivity contribution in [3.63, 3.8) is 0 Å². The smallest absolute Gasteiger partial charge is 0.768 e. The van der Waals surface area contributed by atoms with E-state index >= 15 is 0 Å². The molecule has 76 valence electrons.